The molecule has 1 aliphatic rings. The lowest BCUT2D eigenvalue weighted by molar-refractivity contribution is -0.0772. The fourth-order valence-corrected chi connectivity index (χ4v) is 3.23. The predicted octanol–water partition coefficient (Wildman–Crippen LogP) is 1.42. The molecule has 3 atom stereocenters. The van der Waals surface area contributed by atoms with Crippen LogP contribution in [0.2, 0.25) is 0 Å². The molecule has 1 fully saturated rings. The number of aromatic nitrogens is 3. The topological polar surface area (TPSA) is 63.4 Å². The van der Waals surface area contributed by atoms with Crippen molar-refractivity contribution in [2.45, 2.75) is 38.7 Å². The molecule has 3 heterocycles. The van der Waals surface area contributed by atoms with Crippen LogP contribution in [0, 0.1) is 0 Å². The number of nitrogens with zero attached hydrogens (tertiary/aromatic N) is 4. The molecule has 1 N–H and O–H groups in total. The van der Waals surface area contributed by atoms with Gasteiger partial charge in [0.2, 0.25) is 0 Å². The molecule has 0 amide bonds. The van der Waals surface area contributed by atoms with Crippen LogP contribution in [0.15, 0.2) is 36.9 Å². The first-order valence-corrected chi connectivity index (χ1v) is 8.09. The Bertz CT molecular complexity index is 606. The number of rotatable bonds is 5. The van der Waals surface area contributed by atoms with Gasteiger partial charge in [-0.3, -0.25) is 9.88 Å². The van der Waals surface area contributed by atoms with E-state index in [-0.39, 0.29) is 12.2 Å². The van der Waals surface area contributed by atoms with Crippen molar-refractivity contribution in [2.24, 2.45) is 0 Å². The Kier molecular flexibility index (Phi) is 5.05. The van der Waals surface area contributed by atoms with Crippen LogP contribution in [-0.2, 0) is 11.3 Å². The second-order valence-electron chi connectivity index (χ2n) is 6.27. The molecule has 124 valence electrons. The summed E-state index contributed by atoms with van der Waals surface area (Å²) in [6.07, 6.45) is 7.17. The third-order valence-electron chi connectivity index (χ3n) is 4.01. The minimum absolute atomic E-state index is 0.213. The van der Waals surface area contributed by atoms with Gasteiger partial charge in [0.05, 0.1) is 24.9 Å². The zero-order chi connectivity index (χ0) is 16.2. The second kappa shape index (κ2) is 7.21. The number of aliphatic hydroxyl groups is 1. The van der Waals surface area contributed by atoms with Gasteiger partial charge in [-0.1, -0.05) is 0 Å². The third kappa shape index (κ3) is 4.16. The number of hydrogen-bond donors (Lipinski definition) is 1. The first-order chi connectivity index (χ1) is 11.1. The number of pyridine rings is 1. The highest BCUT2D eigenvalue weighted by Gasteiger charge is 2.24. The average Bonchev–Trinajstić information content (AvgIpc) is 2.95. The van der Waals surface area contributed by atoms with Crippen molar-refractivity contribution in [3.05, 3.63) is 36.9 Å². The quantitative estimate of drug-likeness (QED) is 0.904. The molecule has 6 nitrogen and oxygen atoms in total. The molecular weight excluding hydrogens is 292 g/mol. The van der Waals surface area contributed by atoms with Crippen LogP contribution >= 0.6 is 0 Å². The molecule has 0 bridgehead atoms. The van der Waals surface area contributed by atoms with Crippen molar-refractivity contribution in [2.75, 3.05) is 19.6 Å². The summed E-state index contributed by atoms with van der Waals surface area (Å²) in [5, 5.41) is 10.5. The van der Waals surface area contributed by atoms with Crippen molar-refractivity contribution < 1.29 is 9.84 Å². The number of hydrogen-bond acceptors (Lipinski definition) is 5. The molecule has 3 unspecified atom stereocenters. The van der Waals surface area contributed by atoms with Gasteiger partial charge in [0.1, 0.15) is 5.82 Å². The number of morpholine rings is 1. The molecule has 2 aromatic rings. The molecule has 1 aliphatic heterocycles. The first-order valence-electron chi connectivity index (χ1n) is 8.09. The highest BCUT2D eigenvalue weighted by atomic mass is 16.5. The van der Waals surface area contributed by atoms with E-state index in [0.29, 0.717) is 13.1 Å². The van der Waals surface area contributed by atoms with Crippen LogP contribution in [0.1, 0.15) is 13.8 Å². The molecular formula is C17H24N4O2. The monoisotopic (exact) mass is 316 g/mol. The van der Waals surface area contributed by atoms with Crippen molar-refractivity contribution in [1.82, 2.24) is 19.4 Å². The van der Waals surface area contributed by atoms with E-state index in [0.717, 1.165) is 24.5 Å². The summed E-state index contributed by atoms with van der Waals surface area (Å²) in [5.74, 6) is 0.834. The van der Waals surface area contributed by atoms with E-state index >= 15 is 0 Å². The van der Waals surface area contributed by atoms with Crippen LogP contribution in [0.4, 0.5) is 0 Å². The van der Waals surface area contributed by atoms with Crippen molar-refractivity contribution in [1.29, 1.82) is 0 Å². The Morgan fingerprint density at radius 1 is 1.26 bits per heavy atom. The molecule has 1 saturated heterocycles. The lowest BCUT2D eigenvalue weighted by Gasteiger charge is -2.36. The summed E-state index contributed by atoms with van der Waals surface area (Å²) in [6, 6.07) is 3.87. The normalized spacial score (nSPS) is 23.8. The Morgan fingerprint density at radius 2 is 2.04 bits per heavy atom. The van der Waals surface area contributed by atoms with E-state index < -0.39 is 6.10 Å². The van der Waals surface area contributed by atoms with E-state index in [1.54, 1.807) is 18.6 Å². The molecule has 0 saturated carbocycles. The summed E-state index contributed by atoms with van der Waals surface area (Å²) >= 11 is 0. The minimum Gasteiger partial charge on any atom is -0.390 e. The van der Waals surface area contributed by atoms with Crippen molar-refractivity contribution >= 4 is 0 Å². The summed E-state index contributed by atoms with van der Waals surface area (Å²) in [5.41, 5.74) is 0.957. The van der Waals surface area contributed by atoms with Gasteiger partial charge < -0.3 is 14.4 Å². The van der Waals surface area contributed by atoms with Crippen molar-refractivity contribution in [3.8, 4) is 11.4 Å². The zero-order valence-electron chi connectivity index (χ0n) is 13.7. The Hall–Kier alpha value is -1.76. The standard InChI is InChI=1S/C17H24N4O2/c1-13-9-20(10-14(2)23-13)11-16(22)12-21-7-6-19-17(21)15-4-3-5-18-8-15/h3-8,13-14,16,22H,9-12H2,1-2H3. The molecule has 0 radical (unpaired) electrons. The van der Waals surface area contributed by atoms with Crippen LogP contribution in [0.3, 0.4) is 0 Å². The maximum atomic E-state index is 10.5. The zero-order valence-corrected chi connectivity index (χ0v) is 13.7. The van der Waals surface area contributed by atoms with Gasteiger partial charge in [0.25, 0.3) is 0 Å². The van der Waals surface area contributed by atoms with Crippen LogP contribution in [-0.4, -0.2) is 62.5 Å². The van der Waals surface area contributed by atoms with Gasteiger partial charge in [0.15, 0.2) is 0 Å². The molecule has 2 aromatic heterocycles. The Morgan fingerprint density at radius 3 is 2.74 bits per heavy atom. The summed E-state index contributed by atoms with van der Waals surface area (Å²) in [6.45, 7) is 7.03. The fourth-order valence-electron chi connectivity index (χ4n) is 3.23. The van der Waals surface area contributed by atoms with E-state index in [2.05, 4.69) is 28.7 Å². The van der Waals surface area contributed by atoms with E-state index in [9.17, 15) is 5.11 Å². The molecule has 3 rings (SSSR count). The lowest BCUT2D eigenvalue weighted by Crippen LogP contribution is -2.48. The summed E-state index contributed by atoms with van der Waals surface area (Å²) < 4.78 is 7.72. The van der Waals surface area contributed by atoms with Gasteiger partial charge in [0, 0.05) is 50.0 Å². The number of β-amino-alcohol motifs (C(OH)–C–C–N with tert-alkyl or cyclic N) is 1. The van der Waals surface area contributed by atoms with E-state index in [1.807, 2.05) is 22.9 Å². The first kappa shape index (κ1) is 16.1. The summed E-state index contributed by atoms with van der Waals surface area (Å²) in [4.78, 5) is 10.8. The van der Waals surface area contributed by atoms with Gasteiger partial charge in [-0.25, -0.2) is 4.98 Å². The second-order valence-corrected chi connectivity index (χ2v) is 6.27. The lowest BCUT2D eigenvalue weighted by atomic mass is 10.2. The Balaban J connectivity index is 1.63. The fraction of sp³-hybridized carbons (Fsp3) is 0.529. The Labute approximate surface area is 136 Å². The van der Waals surface area contributed by atoms with Crippen LogP contribution in [0.25, 0.3) is 11.4 Å². The molecule has 0 spiro atoms. The molecule has 23 heavy (non-hydrogen) atoms. The molecule has 0 aromatic carbocycles. The van der Waals surface area contributed by atoms with Gasteiger partial charge in [-0.2, -0.15) is 0 Å². The smallest absolute Gasteiger partial charge is 0.141 e. The highest BCUT2D eigenvalue weighted by Crippen LogP contribution is 2.17. The maximum Gasteiger partial charge on any atom is 0.141 e. The number of aliphatic hydroxyl groups excluding tert-OH is 1. The minimum atomic E-state index is -0.447. The van der Waals surface area contributed by atoms with Crippen molar-refractivity contribution in [3.63, 3.8) is 0 Å². The molecule has 0 aliphatic carbocycles. The molecule has 6 heteroatoms. The van der Waals surface area contributed by atoms with Crippen LogP contribution in [0.5, 0.6) is 0 Å². The number of imidazole rings is 1. The van der Waals surface area contributed by atoms with Gasteiger partial charge in [-0.15, -0.1) is 0 Å². The van der Waals surface area contributed by atoms with Gasteiger partial charge in [-0.05, 0) is 26.0 Å². The largest absolute Gasteiger partial charge is 0.390 e. The van der Waals surface area contributed by atoms with Crippen LogP contribution < -0.4 is 0 Å². The SMILES string of the molecule is CC1CN(CC(O)Cn2ccnc2-c2cccnc2)CC(C)O1. The highest BCUT2D eigenvalue weighted by molar-refractivity contribution is 5.53. The van der Waals surface area contributed by atoms with E-state index in [1.165, 1.54) is 0 Å². The predicted molar refractivity (Wildman–Crippen MR) is 87.9 cm³/mol. The van der Waals surface area contributed by atoms with E-state index in [4.69, 9.17) is 4.74 Å². The number of ether oxygens (including phenoxy) is 1. The van der Waals surface area contributed by atoms with Gasteiger partial charge >= 0.3 is 0 Å². The maximum absolute atomic E-state index is 10.5. The average molecular weight is 316 g/mol. The third-order valence-corrected chi connectivity index (χ3v) is 4.01. The summed E-state index contributed by atoms with van der Waals surface area (Å²) in [7, 11) is 0.